The van der Waals surface area contributed by atoms with Gasteiger partial charge >= 0.3 is 0 Å². The molecule has 12 aromatic rings. The molecule has 0 aliphatic rings. The minimum atomic E-state index is 0.571. The highest BCUT2D eigenvalue weighted by molar-refractivity contribution is 6.24. The first-order valence-corrected chi connectivity index (χ1v) is 18.5. The van der Waals surface area contributed by atoms with Crippen LogP contribution in [0.25, 0.3) is 115 Å². The lowest BCUT2D eigenvalue weighted by Gasteiger charge is -2.19. The maximum Gasteiger partial charge on any atom is 0.211 e. The lowest BCUT2D eigenvalue weighted by Crippen LogP contribution is -2.01. The van der Waals surface area contributed by atoms with Crippen molar-refractivity contribution in [3.05, 3.63) is 175 Å². The summed E-state index contributed by atoms with van der Waals surface area (Å²) in [6.07, 6.45) is 0. The minimum Gasteiger partial charge on any atom is -0.456 e. The van der Waals surface area contributed by atoms with Crippen molar-refractivity contribution in [3.63, 3.8) is 0 Å². The number of aryl methyl sites for hydroxylation is 1. The van der Waals surface area contributed by atoms with Gasteiger partial charge in [-0.25, -0.2) is 4.85 Å². The van der Waals surface area contributed by atoms with Crippen molar-refractivity contribution in [2.24, 2.45) is 0 Å². The summed E-state index contributed by atoms with van der Waals surface area (Å²) < 4.78 is 17.8. The Kier molecular flexibility index (Phi) is 5.99. The van der Waals surface area contributed by atoms with Gasteiger partial charge in [-0.3, -0.25) is 0 Å². The molecule has 12 rings (SSSR count). The largest absolute Gasteiger partial charge is 0.456 e. The number of hydrogen-bond donors (Lipinski definition) is 0. The van der Waals surface area contributed by atoms with Crippen LogP contribution < -0.4 is 0 Å². The molecule has 4 aromatic heterocycles. The molecule has 0 radical (unpaired) electrons. The van der Waals surface area contributed by atoms with Crippen molar-refractivity contribution < 1.29 is 8.83 Å². The fourth-order valence-electron chi connectivity index (χ4n) is 9.11. The monoisotopic (exact) mass is 703 g/mol. The molecule has 4 heterocycles. The minimum absolute atomic E-state index is 0.571. The predicted molar refractivity (Wildman–Crippen MR) is 226 cm³/mol. The fourth-order valence-corrected chi connectivity index (χ4v) is 9.11. The Morgan fingerprint density at radius 3 is 2.00 bits per heavy atom. The summed E-state index contributed by atoms with van der Waals surface area (Å²) in [6, 6.07) is 55.1. The second kappa shape index (κ2) is 11.0. The molecule has 0 aliphatic heterocycles. The summed E-state index contributed by atoms with van der Waals surface area (Å²) in [5.41, 5.74) is 13.2. The molecular weight excluding hydrogens is 675 g/mol. The molecule has 5 heteroatoms. The molecule has 55 heavy (non-hydrogen) atoms. The van der Waals surface area contributed by atoms with Gasteiger partial charge in [-0.05, 0) is 60.5 Å². The van der Waals surface area contributed by atoms with Crippen molar-refractivity contribution >= 4 is 93.2 Å². The third kappa shape index (κ3) is 4.00. The molecule has 256 valence electrons. The van der Waals surface area contributed by atoms with Crippen LogP contribution in [-0.2, 0) is 0 Å². The number of benzene rings is 8. The molecule has 0 saturated heterocycles. The van der Waals surface area contributed by atoms with Crippen LogP contribution in [0.5, 0.6) is 0 Å². The summed E-state index contributed by atoms with van der Waals surface area (Å²) in [4.78, 5) is 4.17. The second-order valence-electron chi connectivity index (χ2n) is 14.4. The van der Waals surface area contributed by atoms with E-state index in [4.69, 9.17) is 15.4 Å². The van der Waals surface area contributed by atoms with Gasteiger partial charge in [-0.1, -0.05) is 109 Å². The number of nitrogens with zero attached hydrogens (tertiary/aromatic N) is 3. The van der Waals surface area contributed by atoms with Gasteiger partial charge in [0, 0.05) is 49.3 Å². The highest BCUT2D eigenvalue weighted by atomic mass is 16.3. The van der Waals surface area contributed by atoms with Gasteiger partial charge in [0.05, 0.1) is 45.4 Å². The van der Waals surface area contributed by atoms with Crippen LogP contribution in [-0.4, -0.2) is 9.13 Å². The van der Waals surface area contributed by atoms with Gasteiger partial charge in [0.15, 0.2) is 0 Å². The smallest absolute Gasteiger partial charge is 0.211 e. The fraction of sp³-hybridized carbons (Fsp3) is 0.0200. The first kappa shape index (κ1) is 30.0. The Morgan fingerprint density at radius 1 is 0.455 bits per heavy atom. The highest BCUT2D eigenvalue weighted by Crippen LogP contribution is 2.46. The summed E-state index contributed by atoms with van der Waals surface area (Å²) in [6.45, 7) is 10.6. The van der Waals surface area contributed by atoms with Gasteiger partial charge in [0.25, 0.3) is 0 Å². The number of fused-ring (bicyclic) bond motifs is 13. The average Bonchev–Trinajstić information content (AvgIpc) is 3.97. The van der Waals surface area contributed by atoms with Crippen LogP contribution in [0.4, 0.5) is 5.69 Å². The molecule has 0 saturated carbocycles. The number of rotatable bonds is 3. The van der Waals surface area contributed by atoms with E-state index in [2.05, 4.69) is 154 Å². The summed E-state index contributed by atoms with van der Waals surface area (Å²) >= 11 is 0. The zero-order chi connectivity index (χ0) is 36.4. The van der Waals surface area contributed by atoms with Crippen LogP contribution in [0.3, 0.4) is 0 Å². The van der Waals surface area contributed by atoms with Crippen molar-refractivity contribution in [2.75, 3.05) is 0 Å². The molecule has 0 bridgehead atoms. The molecule has 0 spiro atoms. The maximum absolute atomic E-state index is 8.50. The van der Waals surface area contributed by atoms with Gasteiger partial charge in [-0.15, -0.1) is 0 Å². The summed E-state index contributed by atoms with van der Waals surface area (Å²) in [7, 11) is 0. The molecule has 8 aromatic carbocycles. The van der Waals surface area contributed by atoms with E-state index in [0.717, 1.165) is 116 Å². The summed E-state index contributed by atoms with van der Waals surface area (Å²) in [5.74, 6) is 0. The van der Waals surface area contributed by atoms with E-state index in [1.165, 1.54) is 0 Å². The highest BCUT2D eigenvalue weighted by Gasteiger charge is 2.24. The van der Waals surface area contributed by atoms with Gasteiger partial charge in [0.2, 0.25) is 5.69 Å². The topological polar surface area (TPSA) is 40.5 Å². The molecule has 0 atom stereocenters. The molecule has 0 N–H and O–H groups in total. The predicted octanol–water partition coefficient (Wildman–Crippen LogP) is 14.2. The lowest BCUT2D eigenvalue weighted by atomic mass is 9.99. The number of furan rings is 2. The third-order valence-corrected chi connectivity index (χ3v) is 11.5. The Morgan fingerprint density at radius 2 is 1.13 bits per heavy atom. The van der Waals surface area contributed by atoms with Crippen LogP contribution >= 0.6 is 0 Å². The normalized spacial score (nSPS) is 12.1. The van der Waals surface area contributed by atoms with E-state index in [1.807, 2.05) is 24.3 Å². The van der Waals surface area contributed by atoms with Crippen LogP contribution in [0.2, 0.25) is 0 Å². The Bertz CT molecular complexity index is 3640. The van der Waals surface area contributed by atoms with E-state index in [9.17, 15) is 0 Å². The summed E-state index contributed by atoms with van der Waals surface area (Å²) in [5, 5.41) is 8.85. The molecule has 0 amide bonds. The third-order valence-electron chi connectivity index (χ3n) is 11.5. The first-order chi connectivity index (χ1) is 27.2. The second-order valence-corrected chi connectivity index (χ2v) is 14.4. The molecule has 5 nitrogen and oxygen atoms in total. The van der Waals surface area contributed by atoms with Crippen molar-refractivity contribution in [1.29, 1.82) is 0 Å². The zero-order valence-electron chi connectivity index (χ0n) is 29.7. The van der Waals surface area contributed by atoms with Crippen LogP contribution in [0.15, 0.2) is 167 Å². The SMILES string of the molecule is [C-]#[N+]c1cccc(-c2ccccc2-n2c3ccccc3c3c4oc5ccccc5c4ccc32)c1-n1c2ccccc2c2cc3c(cc21)oc1c(C)cccc13. The van der Waals surface area contributed by atoms with Crippen molar-refractivity contribution in [1.82, 2.24) is 9.13 Å². The molecule has 0 aliphatic carbocycles. The van der Waals surface area contributed by atoms with Gasteiger partial charge in [0.1, 0.15) is 22.3 Å². The van der Waals surface area contributed by atoms with E-state index in [0.29, 0.717) is 5.69 Å². The maximum atomic E-state index is 8.50. The average molecular weight is 704 g/mol. The van der Waals surface area contributed by atoms with E-state index in [-0.39, 0.29) is 0 Å². The molecular formula is C50H29N3O2. The van der Waals surface area contributed by atoms with Crippen molar-refractivity contribution in [2.45, 2.75) is 6.92 Å². The number of aromatic nitrogens is 2. The molecule has 0 unspecified atom stereocenters. The standard InChI is InChI=1S/C50H29N3O2/c1-29-13-11-19-34-38-27-37-31-15-4-8-22-41(31)53(44(37)28-46(38)55-49(29)34)48-33(18-12-20-39(48)51-2)30-14-3-7-21-40(30)52-42-23-9-5-17-36(42)47-43(52)26-25-35-32-16-6-10-24-45(32)54-50(35)47/h3-28H,1H3. The quantitative estimate of drug-likeness (QED) is 0.172. The first-order valence-electron chi connectivity index (χ1n) is 18.5. The van der Waals surface area contributed by atoms with Crippen LogP contribution in [0.1, 0.15) is 5.56 Å². The Labute approximate surface area is 314 Å². The van der Waals surface area contributed by atoms with Gasteiger partial charge < -0.3 is 18.0 Å². The zero-order valence-corrected chi connectivity index (χ0v) is 29.7. The van der Waals surface area contributed by atoms with E-state index in [1.54, 1.807) is 0 Å². The van der Waals surface area contributed by atoms with E-state index >= 15 is 0 Å². The number of para-hydroxylation sites is 6. The van der Waals surface area contributed by atoms with Gasteiger partial charge in [-0.2, -0.15) is 0 Å². The Balaban J connectivity index is 1.18. The van der Waals surface area contributed by atoms with Crippen LogP contribution in [0, 0.1) is 13.5 Å². The van der Waals surface area contributed by atoms with E-state index < -0.39 is 0 Å². The molecule has 0 fully saturated rings. The van der Waals surface area contributed by atoms with Crippen molar-refractivity contribution in [3.8, 4) is 22.5 Å². The number of hydrogen-bond acceptors (Lipinski definition) is 2. The lowest BCUT2D eigenvalue weighted by molar-refractivity contribution is 0.666. The Hall–Kier alpha value is -7.55.